The van der Waals surface area contributed by atoms with E-state index in [1.54, 1.807) is 18.7 Å². The SMILES string of the molecule is CCOC(=O)C(=O)Cl.CCOC(=O)C(=O)N1CC(C)CCC1c1ccc2c(cnn2CC)c1. The van der Waals surface area contributed by atoms with E-state index in [0.29, 0.717) is 12.5 Å². The summed E-state index contributed by atoms with van der Waals surface area (Å²) in [6.45, 7) is 9.25. The zero-order valence-electron chi connectivity index (χ0n) is 19.4. The van der Waals surface area contributed by atoms with Crippen LogP contribution in [-0.4, -0.2) is 57.5 Å². The molecule has 1 aliphatic heterocycles. The fourth-order valence-electron chi connectivity index (χ4n) is 3.79. The summed E-state index contributed by atoms with van der Waals surface area (Å²) in [6.07, 6.45) is 3.73. The Kier molecular flexibility index (Phi) is 9.84. The van der Waals surface area contributed by atoms with Crippen molar-refractivity contribution in [2.24, 2.45) is 5.92 Å². The van der Waals surface area contributed by atoms with Crippen molar-refractivity contribution in [3.63, 3.8) is 0 Å². The van der Waals surface area contributed by atoms with E-state index in [2.05, 4.69) is 29.7 Å². The fourth-order valence-corrected chi connectivity index (χ4v) is 3.84. The number of aromatic nitrogens is 2. The first-order chi connectivity index (χ1) is 15.7. The Bertz CT molecular complexity index is 1010. The van der Waals surface area contributed by atoms with E-state index in [0.717, 1.165) is 35.9 Å². The third-order valence-corrected chi connectivity index (χ3v) is 5.47. The van der Waals surface area contributed by atoms with Gasteiger partial charge in [0.15, 0.2) is 0 Å². The van der Waals surface area contributed by atoms with E-state index in [1.165, 1.54) is 0 Å². The molecular formula is C23H30ClN3O6. The zero-order valence-corrected chi connectivity index (χ0v) is 20.1. The van der Waals surface area contributed by atoms with Crippen LogP contribution < -0.4 is 0 Å². The molecule has 0 aliphatic carbocycles. The van der Waals surface area contributed by atoms with Gasteiger partial charge in [-0.15, -0.1) is 0 Å². The van der Waals surface area contributed by atoms with Gasteiger partial charge in [-0.3, -0.25) is 14.3 Å². The third-order valence-electron chi connectivity index (χ3n) is 5.31. The molecule has 1 amide bonds. The molecule has 1 saturated heterocycles. The van der Waals surface area contributed by atoms with Crippen molar-refractivity contribution in [2.45, 2.75) is 53.1 Å². The maximum absolute atomic E-state index is 12.6. The summed E-state index contributed by atoms with van der Waals surface area (Å²) in [4.78, 5) is 46.1. The van der Waals surface area contributed by atoms with Gasteiger partial charge in [0, 0.05) is 18.5 Å². The maximum atomic E-state index is 12.6. The number of ether oxygens (including phenoxy) is 2. The van der Waals surface area contributed by atoms with Crippen LogP contribution in [0.2, 0.25) is 0 Å². The highest BCUT2D eigenvalue weighted by Gasteiger charge is 2.35. The molecule has 0 saturated carbocycles. The molecule has 0 bridgehead atoms. The van der Waals surface area contributed by atoms with Crippen molar-refractivity contribution in [3.8, 4) is 0 Å². The predicted molar refractivity (Wildman–Crippen MR) is 122 cm³/mol. The number of amides is 1. The van der Waals surface area contributed by atoms with Crippen LogP contribution in [0.15, 0.2) is 24.4 Å². The summed E-state index contributed by atoms with van der Waals surface area (Å²) in [5.74, 6) is -1.92. The Balaban J connectivity index is 0.000000414. The number of halogens is 1. The van der Waals surface area contributed by atoms with Crippen LogP contribution >= 0.6 is 11.6 Å². The largest absolute Gasteiger partial charge is 0.459 e. The van der Waals surface area contributed by atoms with Crippen LogP contribution in [0.5, 0.6) is 0 Å². The lowest BCUT2D eigenvalue weighted by atomic mass is 9.89. The van der Waals surface area contributed by atoms with Gasteiger partial charge in [-0.25, -0.2) is 9.59 Å². The van der Waals surface area contributed by atoms with E-state index in [1.807, 2.05) is 23.0 Å². The number of hydrogen-bond acceptors (Lipinski definition) is 7. The number of esters is 2. The van der Waals surface area contributed by atoms with Gasteiger partial charge in [-0.2, -0.15) is 5.10 Å². The molecule has 33 heavy (non-hydrogen) atoms. The van der Waals surface area contributed by atoms with Gasteiger partial charge in [0.2, 0.25) is 0 Å². The van der Waals surface area contributed by atoms with E-state index >= 15 is 0 Å². The molecule has 2 heterocycles. The molecule has 2 unspecified atom stereocenters. The maximum Gasteiger partial charge on any atom is 0.397 e. The molecule has 2 aromatic rings. The summed E-state index contributed by atoms with van der Waals surface area (Å²) in [7, 11) is 0. The molecule has 1 aromatic carbocycles. The Labute approximate surface area is 197 Å². The Hall–Kier alpha value is -2.94. The van der Waals surface area contributed by atoms with Gasteiger partial charge < -0.3 is 14.4 Å². The quantitative estimate of drug-likeness (QED) is 0.368. The molecule has 0 N–H and O–H groups in total. The second kappa shape index (κ2) is 12.3. The summed E-state index contributed by atoms with van der Waals surface area (Å²) >= 11 is 4.69. The van der Waals surface area contributed by atoms with Gasteiger partial charge >= 0.3 is 23.1 Å². The number of carbonyl (C=O) groups is 4. The van der Waals surface area contributed by atoms with Crippen molar-refractivity contribution in [1.82, 2.24) is 14.7 Å². The fraction of sp³-hybridized carbons (Fsp3) is 0.522. The van der Waals surface area contributed by atoms with Crippen LogP contribution in [0.3, 0.4) is 0 Å². The van der Waals surface area contributed by atoms with Gasteiger partial charge in [0.1, 0.15) is 0 Å². The number of likely N-dealkylation sites (tertiary alicyclic amines) is 1. The Morgan fingerprint density at radius 2 is 1.73 bits per heavy atom. The number of aryl methyl sites for hydroxylation is 1. The number of benzene rings is 1. The lowest BCUT2D eigenvalue weighted by molar-refractivity contribution is -0.162. The molecule has 9 nitrogen and oxygen atoms in total. The normalized spacial score (nSPS) is 17.7. The highest BCUT2D eigenvalue weighted by atomic mass is 35.5. The number of hydrogen-bond donors (Lipinski definition) is 0. The summed E-state index contributed by atoms with van der Waals surface area (Å²) < 4.78 is 11.1. The molecule has 3 rings (SSSR count). The van der Waals surface area contributed by atoms with Gasteiger partial charge in [-0.1, -0.05) is 13.0 Å². The minimum Gasteiger partial charge on any atom is -0.459 e. The van der Waals surface area contributed by atoms with E-state index in [9.17, 15) is 19.2 Å². The Morgan fingerprint density at radius 1 is 1.06 bits per heavy atom. The summed E-state index contributed by atoms with van der Waals surface area (Å²) in [5, 5.41) is 4.36. The number of fused-ring (bicyclic) bond motifs is 1. The molecule has 0 radical (unpaired) electrons. The summed E-state index contributed by atoms with van der Waals surface area (Å²) in [5.41, 5.74) is 2.13. The molecule has 2 atom stereocenters. The van der Waals surface area contributed by atoms with Crippen LogP contribution in [0.25, 0.3) is 10.9 Å². The number of nitrogens with zero attached hydrogens (tertiary/aromatic N) is 3. The second-order valence-corrected chi connectivity index (χ2v) is 7.99. The third kappa shape index (κ3) is 6.77. The smallest absolute Gasteiger partial charge is 0.397 e. The Morgan fingerprint density at radius 3 is 2.30 bits per heavy atom. The van der Waals surface area contributed by atoms with Gasteiger partial charge in [0.05, 0.1) is 31.0 Å². The summed E-state index contributed by atoms with van der Waals surface area (Å²) in [6, 6.07) is 6.08. The highest BCUT2D eigenvalue weighted by molar-refractivity contribution is 6.80. The standard InChI is InChI=1S/C19H25N3O3.C4H5ClO3/c1-4-22-17-9-7-14(10-15(17)11-20-22)16-8-6-13(3)12-21(16)18(23)19(24)25-5-2;1-2-8-4(7)3(5)6/h7,9-11,13,16H,4-6,8,12H2,1-3H3;2H2,1H3. The predicted octanol–water partition coefficient (Wildman–Crippen LogP) is 3.23. The molecule has 1 fully saturated rings. The van der Waals surface area contributed by atoms with Crippen molar-refractivity contribution in [1.29, 1.82) is 0 Å². The lowest BCUT2D eigenvalue weighted by Crippen LogP contribution is -2.45. The minimum atomic E-state index is -1.08. The number of rotatable bonds is 5. The average molecular weight is 480 g/mol. The van der Waals surface area contributed by atoms with Gasteiger partial charge in [0.25, 0.3) is 0 Å². The van der Waals surface area contributed by atoms with Crippen LogP contribution in [-0.2, 0) is 35.2 Å². The first kappa shape index (κ1) is 26.3. The lowest BCUT2D eigenvalue weighted by Gasteiger charge is -2.38. The highest BCUT2D eigenvalue weighted by Crippen LogP contribution is 2.34. The van der Waals surface area contributed by atoms with Crippen LogP contribution in [0, 0.1) is 5.92 Å². The second-order valence-electron chi connectivity index (χ2n) is 7.65. The molecule has 1 aromatic heterocycles. The monoisotopic (exact) mass is 479 g/mol. The van der Waals surface area contributed by atoms with Crippen LogP contribution in [0.1, 0.15) is 52.1 Å². The molecular weight excluding hydrogens is 450 g/mol. The van der Waals surface area contributed by atoms with Crippen molar-refractivity contribution < 1.29 is 28.7 Å². The van der Waals surface area contributed by atoms with Gasteiger partial charge in [-0.05, 0) is 68.8 Å². The molecule has 10 heteroatoms. The van der Waals surface area contributed by atoms with E-state index < -0.39 is 23.1 Å². The first-order valence-electron chi connectivity index (χ1n) is 11.0. The molecule has 0 spiro atoms. The number of carbonyl (C=O) groups excluding carboxylic acids is 4. The van der Waals surface area contributed by atoms with Crippen molar-refractivity contribution in [3.05, 3.63) is 30.0 Å². The molecule has 180 valence electrons. The van der Waals surface area contributed by atoms with Crippen molar-refractivity contribution in [2.75, 3.05) is 19.8 Å². The van der Waals surface area contributed by atoms with E-state index in [-0.39, 0.29) is 19.3 Å². The zero-order chi connectivity index (χ0) is 24.5. The number of piperidine rings is 1. The van der Waals surface area contributed by atoms with Crippen LogP contribution in [0.4, 0.5) is 0 Å². The molecule has 1 aliphatic rings. The van der Waals surface area contributed by atoms with E-state index in [4.69, 9.17) is 16.3 Å². The minimum absolute atomic E-state index is 0.0949. The van der Waals surface area contributed by atoms with Crippen molar-refractivity contribution >= 4 is 45.6 Å². The average Bonchev–Trinajstić information content (AvgIpc) is 3.21. The first-order valence-corrected chi connectivity index (χ1v) is 11.4. The topological polar surface area (TPSA) is 108 Å².